The summed E-state index contributed by atoms with van der Waals surface area (Å²) >= 11 is 1.51. The van der Waals surface area contributed by atoms with Crippen LogP contribution in [0.15, 0.2) is 120 Å². The van der Waals surface area contributed by atoms with Crippen LogP contribution in [0.25, 0.3) is 0 Å². The van der Waals surface area contributed by atoms with Gasteiger partial charge in [0.05, 0.1) is 0 Å². The van der Waals surface area contributed by atoms with E-state index in [4.69, 9.17) is 0 Å². The van der Waals surface area contributed by atoms with E-state index in [1.807, 2.05) is 6.07 Å². The van der Waals surface area contributed by atoms with Crippen LogP contribution in [0.2, 0.25) is 0 Å². The third kappa shape index (κ3) is 6.15. The molecule has 9 atom stereocenters. The first-order chi connectivity index (χ1) is 22.9. The Hall–Kier alpha value is -1.53. The fraction of sp³-hybridized carbons (Fsp3) is 0.500. The summed E-state index contributed by atoms with van der Waals surface area (Å²) in [6.07, 6.45) is 39.4. The fourth-order valence-electron chi connectivity index (χ4n) is 11.2. The number of benzene rings is 1. The van der Waals surface area contributed by atoms with Gasteiger partial charge in [-0.2, -0.15) is 11.6 Å². The molecule has 0 radical (unpaired) electrons. The van der Waals surface area contributed by atoms with Crippen molar-refractivity contribution < 1.29 is 49.0 Å². The summed E-state index contributed by atoms with van der Waals surface area (Å²) in [5.41, 5.74) is 4.88. The molecule has 0 aliphatic heterocycles. The van der Waals surface area contributed by atoms with Crippen molar-refractivity contribution >= 4 is 3.71 Å². The van der Waals surface area contributed by atoms with Gasteiger partial charge in [-0.25, -0.2) is 6.08 Å². The molecule has 7 rings (SSSR count). The zero-order chi connectivity index (χ0) is 36.2. The van der Waals surface area contributed by atoms with E-state index >= 15 is 0 Å². The Labute approximate surface area is 340 Å². The van der Waals surface area contributed by atoms with Gasteiger partial charge in [0, 0.05) is 10.8 Å². The van der Waals surface area contributed by atoms with Crippen LogP contribution in [0.4, 0.5) is 0 Å². The van der Waals surface area contributed by atoms with E-state index in [2.05, 4.69) is 203 Å². The van der Waals surface area contributed by atoms with Gasteiger partial charge in [-0.3, -0.25) is 6.08 Å². The Morgan fingerprint density at radius 2 is 1.31 bits per heavy atom. The van der Waals surface area contributed by atoms with Crippen molar-refractivity contribution in [3.8, 4) is 0 Å². The first-order valence-corrected chi connectivity index (χ1v) is 20.1. The van der Waals surface area contributed by atoms with Gasteiger partial charge in [-0.1, -0.05) is 160 Å². The van der Waals surface area contributed by atoms with Crippen molar-refractivity contribution in [2.45, 2.75) is 95.9 Å². The van der Waals surface area contributed by atoms with Crippen LogP contribution in [-0.4, -0.2) is 3.71 Å². The average Bonchev–Trinajstić information content (AvgIpc) is 3.63. The van der Waals surface area contributed by atoms with Crippen LogP contribution >= 0.6 is 0 Å². The molecule has 6 aliphatic rings. The molecule has 274 valence electrons. The molecular weight excluding hydrogens is 739 g/mol. The van der Waals surface area contributed by atoms with E-state index < -0.39 is 0 Å². The molecule has 0 heterocycles. The summed E-state index contributed by atoms with van der Waals surface area (Å²) in [7, 11) is 0. The first kappa shape index (κ1) is 43.9. The fourth-order valence-corrected chi connectivity index (χ4v) is 11.8. The van der Waals surface area contributed by atoms with Crippen molar-refractivity contribution in [3.63, 3.8) is 0 Å². The van der Waals surface area contributed by atoms with E-state index in [0.717, 1.165) is 6.42 Å². The normalized spacial score (nSPS) is 40.4. The maximum absolute atomic E-state index is 3.35. The molecule has 51 heavy (non-hydrogen) atoms. The molecule has 2 saturated carbocycles. The molecule has 0 N–H and O–H groups in total. The van der Waals surface area contributed by atoms with Gasteiger partial charge < -0.3 is 31.2 Å². The van der Waals surface area contributed by atoms with E-state index in [-0.39, 0.29) is 62.7 Å². The molecule has 2 fully saturated rings. The third-order valence-electron chi connectivity index (χ3n) is 15.4. The Balaban J connectivity index is 0.000000264. The van der Waals surface area contributed by atoms with Gasteiger partial charge in [-0.15, -0.1) is 17.4 Å². The molecule has 6 aliphatic carbocycles. The van der Waals surface area contributed by atoms with Gasteiger partial charge in [-0.05, 0) is 28.6 Å². The SMILES string of the molecule is CC1=CC=CC2[CH-]C3(C)C4(C)C=CC=CC4(C)C4(C)C=CC=CC4(C)C3(C)C12C.CCC1[C-]=CC(C(C)(C)C)=C1.[Cl-].[Cl-].[Zr+2]=[CH]Cc1ccccc1. The minimum absolute atomic E-state index is 0. The summed E-state index contributed by atoms with van der Waals surface area (Å²) in [5.74, 6) is 1.03. The zero-order valence-electron chi connectivity index (χ0n) is 33.4. The van der Waals surface area contributed by atoms with Crippen molar-refractivity contribution in [1.82, 2.24) is 0 Å². The Morgan fingerprint density at radius 3 is 1.80 bits per heavy atom. The molecule has 0 spiro atoms. The number of hydrogen-bond donors (Lipinski definition) is 0. The predicted octanol–water partition coefficient (Wildman–Crippen LogP) is 6.59. The number of allylic oxidation sites excluding steroid dienone is 16. The summed E-state index contributed by atoms with van der Waals surface area (Å²) in [5, 5.41) is 0. The molecule has 0 bridgehead atoms. The summed E-state index contributed by atoms with van der Waals surface area (Å²) in [6.45, 7) is 29.2. The van der Waals surface area contributed by atoms with Crippen LogP contribution in [0.5, 0.6) is 0 Å². The van der Waals surface area contributed by atoms with Crippen LogP contribution in [0.1, 0.15) is 95.1 Å². The molecular formula is C48H62Cl2Zr-2. The van der Waals surface area contributed by atoms with Crippen molar-refractivity contribution in [2.75, 3.05) is 0 Å². The van der Waals surface area contributed by atoms with Crippen LogP contribution in [0.3, 0.4) is 0 Å². The molecule has 0 aromatic heterocycles. The van der Waals surface area contributed by atoms with Crippen LogP contribution < -0.4 is 24.8 Å². The molecule has 9 unspecified atom stereocenters. The Morgan fingerprint density at radius 1 is 0.784 bits per heavy atom. The first-order valence-electron chi connectivity index (χ1n) is 18.7. The summed E-state index contributed by atoms with van der Waals surface area (Å²) in [4.78, 5) is 0. The van der Waals surface area contributed by atoms with Crippen molar-refractivity contribution in [2.24, 2.45) is 55.2 Å². The Kier molecular flexibility index (Phi) is 13.2. The third-order valence-corrected chi connectivity index (χ3v) is 15.9. The summed E-state index contributed by atoms with van der Waals surface area (Å²) < 4.78 is 2.25. The predicted molar refractivity (Wildman–Crippen MR) is 209 cm³/mol. The molecule has 0 nitrogen and oxygen atoms in total. The van der Waals surface area contributed by atoms with E-state index in [9.17, 15) is 0 Å². The van der Waals surface area contributed by atoms with Crippen LogP contribution in [0, 0.1) is 67.7 Å². The molecule has 1 aromatic rings. The van der Waals surface area contributed by atoms with E-state index in [1.165, 1.54) is 47.4 Å². The number of halogens is 2. The monoisotopic (exact) mass is 798 g/mol. The van der Waals surface area contributed by atoms with E-state index in [0.29, 0.717) is 17.3 Å². The Bertz CT molecular complexity index is 1680. The second-order valence-electron chi connectivity index (χ2n) is 17.8. The topological polar surface area (TPSA) is 0 Å². The number of hydrogen-bond acceptors (Lipinski definition) is 0. The van der Waals surface area contributed by atoms with E-state index in [1.54, 1.807) is 0 Å². The maximum atomic E-state index is 3.35. The van der Waals surface area contributed by atoms with Crippen molar-refractivity contribution in [3.05, 3.63) is 139 Å². The molecule has 0 saturated heterocycles. The minimum atomic E-state index is 0. The number of fused-ring (bicyclic) bond motifs is 8. The van der Waals surface area contributed by atoms with Crippen molar-refractivity contribution in [1.29, 1.82) is 0 Å². The van der Waals surface area contributed by atoms with Gasteiger partial charge >= 0.3 is 70.3 Å². The molecule has 3 heteroatoms. The second kappa shape index (κ2) is 15.3. The van der Waals surface area contributed by atoms with Gasteiger partial charge in [0.25, 0.3) is 0 Å². The van der Waals surface area contributed by atoms with Gasteiger partial charge in [0.2, 0.25) is 0 Å². The van der Waals surface area contributed by atoms with Gasteiger partial charge in [0.15, 0.2) is 0 Å². The molecule has 0 amide bonds. The standard InChI is InChI=1S/C29H37.C11H17.C8H8.2ClH.Zr/c1-21-14-13-15-22-20-27(6)25(4)18-10-9-16-23(25,2)24(3)17-11-12-19-26(24,5)29(27,8)28(21,22)7;1-5-9-6-7-10(8-9)11(2,3)4;1-2-8-6-4-3-5-7-8;;;/h9-20,22H,1-8H3;7-9H,5H2,1-4H3;1,3-7H,2H2;2*1H;/q2*-1;;;;+2/p-2. The summed E-state index contributed by atoms with van der Waals surface area (Å²) in [6, 6.07) is 10.5. The molecule has 1 aromatic carbocycles. The van der Waals surface area contributed by atoms with Gasteiger partial charge in [0.1, 0.15) is 0 Å². The quantitative estimate of drug-likeness (QED) is 0.303. The van der Waals surface area contributed by atoms with Crippen LogP contribution in [-0.2, 0) is 30.7 Å². The zero-order valence-corrected chi connectivity index (χ0v) is 37.3. The number of rotatable bonds is 3. The average molecular weight is 801 g/mol. The second-order valence-corrected chi connectivity index (χ2v) is 18.8.